The Morgan fingerprint density at radius 1 is 1.03 bits per heavy atom. The van der Waals surface area contributed by atoms with Crippen LogP contribution in [0.1, 0.15) is 22.9 Å². The Kier molecular flexibility index (Phi) is 5.46. The number of hydrogen-bond acceptors (Lipinski definition) is 5. The lowest BCUT2D eigenvalue weighted by atomic mass is 9.85. The zero-order chi connectivity index (χ0) is 23.1. The van der Waals surface area contributed by atoms with E-state index in [9.17, 15) is 9.59 Å². The Morgan fingerprint density at radius 3 is 2.61 bits per heavy atom. The highest BCUT2D eigenvalue weighted by Crippen LogP contribution is 2.46. The molecule has 172 valence electrons. The molecular formula is C25H27N3O5. The van der Waals surface area contributed by atoms with E-state index in [2.05, 4.69) is 11.1 Å². The molecule has 8 heteroatoms. The van der Waals surface area contributed by atoms with Crippen molar-refractivity contribution in [2.24, 2.45) is 0 Å². The summed E-state index contributed by atoms with van der Waals surface area (Å²) in [4.78, 5) is 33.9. The number of nitrogens with zero attached hydrogens (tertiary/aromatic N) is 2. The van der Waals surface area contributed by atoms with Gasteiger partial charge >= 0.3 is 0 Å². The van der Waals surface area contributed by atoms with E-state index in [1.807, 2.05) is 36.4 Å². The first-order valence-corrected chi connectivity index (χ1v) is 11.0. The fourth-order valence-corrected chi connectivity index (χ4v) is 5.17. The van der Waals surface area contributed by atoms with Gasteiger partial charge in [-0.25, -0.2) is 0 Å². The summed E-state index contributed by atoms with van der Waals surface area (Å²) in [5.74, 6) is 0.967. The number of aromatic amines is 1. The molecule has 3 aromatic rings. The van der Waals surface area contributed by atoms with Crippen LogP contribution in [0.3, 0.4) is 0 Å². The molecule has 0 aliphatic carbocycles. The number of carbonyl (C=O) groups excluding carboxylic acids is 2. The van der Waals surface area contributed by atoms with Gasteiger partial charge in [-0.1, -0.05) is 30.3 Å². The van der Waals surface area contributed by atoms with Crippen LogP contribution in [0, 0.1) is 0 Å². The van der Waals surface area contributed by atoms with Gasteiger partial charge in [0.2, 0.25) is 11.8 Å². The van der Waals surface area contributed by atoms with Gasteiger partial charge in [0.1, 0.15) is 12.1 Å². The topological polar surface area (TPSA) is 84.1 Å². The molecule has 1 aromatic heterocycles. The number of nitrogens with one attached hydrogen (secondary N) is 1. The van der Waals surface area contributed by atoms with Gasteiger partial charge in [0, 0.05) is 42.2 Å². The molecular weight excluding hydrogens is 422 g/mol. The lowest BCUT2D eigenvalue weighted by Crippen LogP contribution is -2.63. The molecule has 2 aliphatic rings. The van der Waals surface area contributed by atoms with Crippen LogP contribution in [0.15, 0.2) is 42.5 Å². The van der Waals surface area contributed by atoms with Crippen molar-refractivity contribution in [3.63, 3.8) is 0 Å². The predicted molar refractivity (Wildman–Crippen MR) is 122 cm³/mol. The third-order valence-electron chi connectivity index (χ3n) is 6.64. The van der Waals surface area contributed by atoms with E-state index in [0.29, 0.717) is 31.1 Å². The highest BCUT2D eigenvalue weighted by molar-refractivity contribution is 5.97. The molecule has 0 spiro atoms. The van der Waals surface area contributed by atoms with Crippen LogP contribution in [0.2, 0.25) is 0 Å². The summed E-state index contributed by atoms with van der Waals surface area (Å²) in [7, 11) is 4.76. The maximum Gasteiger partial charge on any atom is 0.246 e. The number of carbonyl (C=O) groups is 2. The van der Waals surface area contributed by atoms with Crippen LogP contribution in [-0.4, -0.2) is 73.7 Å². The molecule has 0 bridgehead atoms. The molecule has 0 saturated carbocycles. The highest BCUT2D eigenvalue weighted by Gasteiger charge is 2.48. The van der Waals surface area contributed by atoms with Gasteiger partial charge in [-0.2, -0.15) is 0 Å². The number of para-hydroxylation sites is 2. The van der Waals surface area contributed by atoms with Crippen molar-refractivity contribution in [2.75, 3.05) is 41.0 Å². The second-order valence-electron chi connectivity index (χ2n) is 8.32. The van der Waals surface area contributed by atoms with E-state index in [0.717, 1.165) is 27.7 Å². The first kappa shape index (κ1) is 21.3. The molecule has 2 aliphatic heterocycles. The third-order valence-corrected chi connectivity index (χ3v) is 6.64. The monoisotopic (exact) mass is 449 g/mol. The van der Waals surface area contributed by atoms with Crippen LogP contribution < -0.4 is 9.47 Å². The predicted octanol–water partition coefficient (Wildman–Crippen LogP) is 2.52. The standard InChI is InChI=1S/C25H27N3O5/c1-31-12-11-27-14-21(29)28-19(25(27)30)13-17-15-7-4-5-9-18(15)26-22(17)23(28)16-8-6-10-20(32-2)24(16)33-3/h4-10,19,23,26H,11-14H2,1-3H3/t19-,23?/m0/s1. The van der Waals surface area contributed by atoms with Gasteiger partial charge in [-0.05, 0) is 17.7 Å². The molecule has 0 radical (unpaired) electrons. The Morgan fingerprint density at radius 2 is 1.85 bits per heavy atom. The number of methoxy groups -OCH3 is 3. The van der Waals surface area contributed by atoms with E-state index < -0.39 is 12.1 Å². The summed E-state index contributed by atoms with van der Waals surface area (Å²) >= 11 is 0. The Balaban J connectivity index is 1.71. The molecule has 2 aromatic carbocycles. The van der Waals surface area contributed by atoms with E-state index in [-0.39, 0.29) is 18.4 Å². The summed E-state index contributed by atoms with van der Waals surface area (Å²) in [5, 5.41) is 1.06. The third kappa shape index (κ3) is 3.33. The summed E-state index contributed by atoms with van der Waals surface area (Å²) in [6, 6.07) is 12.6. The number of aromatic nitrogens is 1. The number of piperazine rings is 1. The van der Waals surface area contributed by atoms with Crippen molar-refractivity contribution in [3.8, 4) is 11.5 Å². The van der Waals surface area contributed by atoms with Crippen LogP contribution in [-0.2, 0) is 20.7 Å². The highest BCUT2D eigenvalue weighted by atomic mass is 16.5. The fraction of sp³-hybridized carbons (Fsp3) is 0.360. The SMILES string of the molecule is COCCN1CC(=O)N2C(c3cccc(OC)c3OC)c3[nH]c4ccccc4c3C[C@H]2C1=O. The number of benzene rings is 2. The Hall–Kier alpha value is -3.52. The van der Waals surface area contributed by atoms with Crippen molar-refractivity contribution in [1.29, 1.82) is 0 Å². The zero-order valence-electron chi connectivity index (χ0n) is 19.0. The molecule has 1 saturated heterocycles. The van der Waals surface area contributed by atoms with Gasteiger partial charge in [0.05, 0.1) is 27.4 Å². The Labute approximate surface area is 192 Å². The van der Waals surface area contributed by atoms with Crippen LogP contribution in [0.4, 0.5) is 0 Å². The molecule has 1 fully saturated rings. The van der Waals surface area contributed by atoms with Gasteiger partial charge in [0.25, 0.3) is 0 Å². The van der Waals surface area contributed by atoms with Crippen LogP contribution in [0.5, 0.6) is 11.5 Å². The summed E-state index contributed by atoms with van der Waals surface area (Å²) < 4.78 is 16.4. The van der Waals surface area contributed by atoms with Gasteiger partial charge < -0.3 is 29.0 Å². The van der Waals surface area contributed by atoms with Crippen molar-refractivity contribution in [2.45, 2.75) is 18.5 Å². The largest absolute Gasteiger partial charge is 0.493 e. The zero-order valence-corrected chi connectivity index (χ0v) is 19.0. The Bertz CT molecular complexity index is 1220. The van der Waals surface area contributed by atoms with E-state index >= 15 is 0 Å². The number of fused-ring (bicyclic) bond motifs is 4. The second kappa shape index (κ2) is 8.44. The van der Waals surface area contributed by atoms with Gasteiger partial charge in [-0.3, -0.25) is 9.59 Å². The quantitative estimate of drug-likeness (QED) is 0.625. The molecule has 1 unspecified atom stereocenters. The minimum Gasteiger partial charge on any atom is -0.493 e. The number of rotatable bonds is 6. The van der Waals surface area contributed by atoms with Gasteiger partial charge in [0.15, 0.2) is 11.5 Å². The van der Waals surface area contributed by atoms with Gasteiger partial charge in [-0.15, -0.1) is 0 Å². The fourth-order valence-electron chi connectivity index (χ4n) is 5.17. The molecule has 33 heavy (non-hydrogen) atoms. The normalized spacial score (nSPS) is 20.1. The molecule has 8 nitrogen and oxygen atoms in total. The first-order chi connectivity index (χ1) is 16.1. The molecule has 5 rings (SSSR count). The van der Waals surface area contributed by atoms with E-state index in [1.165, 1.54) is 0 Å². The second-order valence-corrected chi connectivity index (χ2v) is 8.32. The van der Waals surface area contributed by atoms with E-state index in [1.54, 1.807) is 31.1 Å². The minimum absolute atomic E-state index is 0.0248. The molecule has 3 heterocycles. The maximum absolute atomic E-state index is 13.5. The number of H-pyrrole nitrogens is 1. The van der Waals surface area contributed by atoms with Crippen LogP contribution in [0.25, 0.3) is 10.9 Å². The molecule has 2 amide bonds. The maximum atomic E-state index is 13.5. The smallest absolute Gasteiger partial charge is 0.246 e. The lowest BCUT2D eigenvalue weighted by molar-refractivity contribution is -0.159. The average Bonchev–Trinajstić information content (AvgIpc) is 3.22. The van der Waals surface area contributed by atoms with Crippen molar-refractivity contribution < 1.29 is 23.8 Å². The lowest BCUT2D eigenvalue weighted by Gasteiger charge is -2.47. The number of amides is 2. The van der Waals surface area contributed by atoms with Crippen molar-refractivity contribution in [3.05, 3.63) is 59.3 Å². The number of ether oxygens (including phenoxy) is 3. The summed E-state index contributed by atoms with van der Waals surface area (Å²) in [6.45, 7) is 0.799. The first-order valence-electron chi connectivity index (χ1n) is 11.0. The summed E-state index contributed by atoms with van der Waals surface area (Å²) in [6.07, 6.45) is 0.455. The number of hydrogen-bond donors (Lipinski definition) is 1. The minimum atomic E-state index is -0.601. The molecule has 1 N–H and O–H groups in total. The van der Waals surface area contributed by atoms with E-state index in [4.69, 9.17) is 14.2 Å². The summed E-state index contributed by atoms with van der Waals surface area (Å²) in [5.41, 5.74) is 3.72. The van der Waals surface area contributed by atoms with Crippen LogP contribution >= 0.6 is 0 Å². The van der Waals surface area contributed by atoms with Crippen molar-refractivity contribution in [1.82, 2.24) is 14.8 Å². The molecule has 2 atom stereocenters. The average molecular weight is 450 g/mol. The van der Waals surface area contributed by atoms with Crippen molar-refractivity contribution >= 4 is 22.7 Å².